The lowest BCUT2D eigenvalue weighted by Crippen LogP contribution is -2.45. The van der Waals surface area contributed by atoms with Crippen LogP contribution in [0.15, 0.2) is 0 Å². The van der Waals surface area contributed by atoms with Gasteiger partial charge >= 0.3 is 0 Å². The Morgan fingerprint density at radius 1 is 0.720 bits per heavy atom. The van der Waals surface area contributed by atoms with Gasteiger partial charge in [0.1, 0.15) is 0 Å². The molecule has 6 nitrogen and oxygen atoms in total. The first-order chi connectivity index (χ1) is 12.2. The summed E-state index contributed by atoms with van der Waals surface area (Å²) < 4.78 is 11.9. The zero-order chi connectivity index (χ0) is 17.9. The number of piperazine rings is 2. The molecule has 0 aromatic heterocycles. The van der Waals surface area contributed by atoms with Gasteiger partial charge in [0.25, 0.3) is 0 Å². The standard InChI is InChI=1S/C19H40N4O2/c1-4-19(25-18-15-23-12-8-21(3)9-13-23)5-16-24-17-14-22-10-6-20(2)7-11-22/h19H,4-18H2,1-3H3. The second kappa shape index (κ2) is 12.2. The number of likely N-dealkylation sites (N-methyl/N-ethyl adjacent to an activating group) is 2. The second-order valence-corrected chi connectivity index (χ2v) is 7.59. The molecule has 0 bridgehead atoms. The molecule has 2 fully saturated rings. The third kappa shape index (κ3) is 8.80. The molecule has 0 N–H and O–H groups in total. The molecule has 25 heavy (non-hydrogen) atoms. The van der Waals surface area contributed by atoms with Crippen LogP contribution in [0.4, 0.5) is 0 Å². The Morgan fingerprint density at radius 2 is 1.24 bits per heavy atom. The van der Waals surface area contributed by atoms with Gasteiger partial charge in [0, 0.05) is 72.1 Å². The van der Waals surface area contributed by atoms with Crippen molar-refractivity contribution in [3.05, 3.63) is 0 Å². The van der Waals surface area contributed by atoms with Crippen molar-refractivity contribution < 1.29 is 9.47 Å². The molecular formula is C19H40N4O2. The van der Waals surface area contributed by atoms with Gasteiger partial charge in [-0.3, -0.25) is 9.80 Å². The molecule has 2 rings (SSSR count). The van der Waals surface area contributed by atoms with Gasteiger partial charge in [0.15, 0.2) is 0 Å². The SMILES string of the molecule is CCC(CCOCCN1CCN(C)CC1)OCCN1CCN(C)CC1. The van der Waals surface area contributed by atoms with Crippen LogP contribution in [0.25, 0.3) is 0 Å². The normalized spacial score (nSPS) is 23.2. The molecule has 148 valence electrons. The lowest BCUT2D eigenvalue weighted by atomic mass is 10.2. The van der Waals surface area contributed by atoms with E-state index < -0.39 is 0 Å². The summed E-state index contributed by atoms with van der Waals surface area (Å²) in [6.07, 6.45) is 2.43. The first kappa shape index (κ1) is 21.1. The molecule has 2 aliphatic rings. The highest BCUT2D eigenvalue weighted by atomic mass is 16.5. The van der Waals surface area contributed by atoms with Gasteiger partial charge in [-0.05, 0) is 26.9 Å². The summed E-state index contributed by atoms with van der Waals surface area (Å²) in [5.74, 6) is 0. The smallest absolute Gasteiger partial charge is 0.0597 e. The number of hydrogen-bond acceptors (Lipinski definition) is 6. The molecule has 2 saturated heterocycles. The summed E-state index contributed by atoms with van der Waals surface area (Å²) in [4.78, 5) is 9.80. The van der Waals surface area contributed by atoms with Gasteiger partial charge in [-0.15, -0.1) is 0 Å². The zero-order valence-electron chi connectivity index (χ0n) is 16.8. The minimum Gasteiger partial charge on any atom is -0.380 e. The van der Waals surface area contributed by atoms with Gasteiger partial charge in [-0.2, -0.15) is 0 Å². The van der Waals surface area contributed by atoms with Crippen molar-refractivity contribution in [3.8, 4) is 0 Å². The minimum atomic E-state index is 0.344. The summed E-state index contributed by atoms with van der Waals surface area (Å²) in [5, 5.41) is 0. The second-order valence-electron chi connectivity index (χ2n) is 7.59. The van der Waals surface area contributed by atoms with Crippen molar-refractivity contribution in [1.29, 1.82) is 0 Å². The Kier molecular flexibility index (Phi) is 10.3. The number of nitrogens with zero attached hydrogens (tertiary/aromatic N) is 4. The van der Waals surface area contributed by atoms with E-state index in [9.17, 15) is 0 Å². The van der Waals surface area contributed by atoms with E-state index in [1.807, 2.05) is 0 Å². The quantitative estimate of drug-likeness (QED) is 0.506. The summed E-state index contributed by atoms with van der Waals surface area (Å²) >= 11 is 0. The molecule has 0 aromatic rings. The van der Waals surface area contributed by atoms with Crippen LogP contribution in [-0.2, 0) is 9.47 Å². The predicted molar refractivity (Wildman–Crippen MR) is 103 cm³/mol. The number of ether oxygens (including phenoxy) is 2. The van der Waals surface area contributed by atoms with Crippen LogP contribution in [0.3, 0.4) is 0 Å². The summed E-state index contributed by atoms with van der Waals surface area (Å²) in [7, 11) is 4.40. The molecule has 6 heteroatoms. The van der Waals surface area contributed by atoms with E-state index in [1.54, 1.807) is 0 Å². The number of hydrogen-bond donors (Lipinski definition) is 0. The maximum absolute atomic E-state index is 6.08. The highest BCUT2D eigenvalue weighted by molar-refractivity contribution is 4.70. The van der Waals surface area contributed by atoms with E-state index in [-0.39, 0.29) is 0 Å². The Morgan fingerprint density at radius 3 is 1.76 bits per heavy atom. The van der Waals surface area contributed by atoms with Crippen LogP contribution in [0.1, 0.15) is 19.8 Å². The highest BCUT2D eigenvalue weighted by Crippen LogP contribution is 2.06. The molecule has 1 unspecified atom stereocenters. The maximum Gasteiger partial charge on any atom is 0.0597 e. The van der Waals surface area contributed by atoms with Crippen LogP contribution < -0.4 is 0 Å². The Bertz CT molecular complexity index is 329. The van der Waals surface area contributed by atoms with Crippen molar-refractivity contribution in [1.82, 2.24) is 19.6 Å². The lowest BCUT2D eigenvalue weighted by molar-refractivity contribution is 0.00197. The molecular weight excluding hydrogens is 316 g/mol. The van der Waals surface area contributed by atoms with E-state index in [4.69, 9.17) is 9.47 Å². The molecule has 0 spiro atoms. The summed E-state index contributed by atoms with van der Waals surface area (Å²) in [6.45, 7) is 16.3. The van der Waals surface area contributed by atoms with E-state index >= 15 is 0 Å². The molecule has 0 radical (unpaired) electrons. The van der Waals surface area contributed by atoms with E-state index in [2.05, 4.69) is 40.6 Å². The van der Waals surface area contributed by atoms with Crippen LogP contribution in [0.5, 0.6) is 0 Å². The van der Waals surface area contributed by atoms with Crippen LogP contribution in [0.2, 0.25) is 0 Å². The molecule has 0 aromatic carbocycles. The fourth-order valence-electron chi connectivity index (χ4n) is 3.41. The first-order valence-electron chi connectivity index (χ1n) is 10.2. The number of rotatable bonds is 11. The molecule has 2 heterocycles. The fourth-order valence-corrected chi connectivity index (χ4v) is 3.41. The Balaban J connectivity index is 1.44. The van der Waals surface area contributed by atoms with Crippen molar-refractivity contribution in [2.24, 2.45) is 0 Å². The fraction of sp³-hybridized carbons (Fsp3) is 1.00. The zero-order valence-corrected chi connectivity index (χ0v) is 16.8. The Hall–Kier alpha value is -0.240. The molecule has 1 atom stereocenters. The minimum absolute atomic E-state index is 0.344. The molecule has 0 saturated carbocycles. The maximum atomic E-state index is 6.08. The van der Waals surface area contributed by atoms with Crippen LogP contribution >= 0.6 is 0 Å². The van der Waals surface area contributed by atoms with Crippen molar-refractivity contribution in [2.75, 3.05) is 99.4 Å². The van der Waals surface area contributed by atoms with Gasteiger partial charge in [0.05, 0.1) is 19.3 Å². The average Bonchev–Trinajstić information content (AvgIpc) is 2.63. The van der Waals surface area contributed by atoms with Crippen LogP contribution in [-0.4, -0.2) is 125 Å². The average molecular weight is 357 g/mol. The van der Waals surface area contributed by atoms with Gasteiger partial charge in [0.2, 0.25) is 0 Å². The molecule has 2 aliphatic heterocycles. The topological polar surface area (TPSA) is 31.4 Å². The lowest BCUT2D eigenvalue weighted by Gasteiger charge is -2.32. The van der Waals surface area contributed by atoms with Crippen LogP contribution in [0, 0.1) is 0 Å². The van der Waals surface area contributed by atoms with E-state index in [0.29, 0.717) is 6.10 Å². The highest BCUT2D eigenvalue weighted by Gasteiger charge is 2.15. The van der Waals surface area contributed by atoms with Crippen molar-refractivity contribution in [2.45, 2.75) is 25.9 Å². The van der Waals surface area contributed by atoms with Gasteiger partial charge in [-0.25, -0.2) is 0 Å². The third-order valence-electron chi connectivity index (χ3n) is 5.54. The largest absolute Gasteiger partial charge is 0.380 e. The van der Waals surface area contributed by atoms with E-state index in [1.165, 1.54) is 52.4 Å². The summed E-state index contributed by atoms with van der Waals surface area (Å²) in [5.41, 5.74) is 0. The monoisotopic (exact) mass is 356 g/mol. The summed E-state index contributed by atoms with van der Waals surface area (Å²) in [6, 6.07) is 0. The van der Waals surface area contributed by atoms with Crippen molar-refractivity contribution in [3.63, 3.8) is 0 Å². The molecule has 0 amide bonds. The van der Waals surface area contributed by atoms with Gasteiger partial charge < -0.3 is 19.3 Å². The van der Waals surface area contributed by atoms with Crippen molar-refractivity contribution >= 4 is 0 Å². The van der Waals surface area contributed by atoms with E-state index in [0.717, 1.165) is 45.8 Å². The van der Waals surface area contributed by atoms with Gasteiger partial charge in [-0.1, -0.05) is 6.92 Å². The first-order valence-corrected chi connectivity index (χ1v) is 10.2. The predicted octanol–water partition coefficient (Wildman–Crippen LogP) is 0.683. The third-order valence-corrected chi connectivity index (χ3v) is 5.54. The Labute approximate surface area is 155 Å². The molecule has 0 aliphatic carbocycles.